The standard InChI is InChI=1S/C21H21N5O3/c1-14-4-2-6-19(22-14)24-21(27)16-5-3-11-25(13-16)20-10-7-15-12-17(26(28)29)8-9-18(15)23-20/h2,4,6-10,12,16H,3,5,11,13H2,1H3,(H,22,24,27). The molecule has 1 saturated heterocycles. The summed E-state index contributed by atoms with van der Waals surface area (Å²) in [6, 6.07) is 13.9. The molecular weight excluding hydrogens is 370 g/mol. The maximum absolute atomic E-state index is 12.7. The molecular formula is C21H21N5O3. The van der Waals surface area contributed by atoms with Gasteiger partial charge in [0.15, 0.2) is 0 Å². The highest BCUT2D eigenvalue weighted by molar-refractivity contribution is 5.92. The molecule has 0 bridgehead atoms. The number of hydrogen-bond donors (Lipinski definition) is 1. The Morgan fingerprint density at radius 1 is 1.21 bits per heavy atom. The lowest BCUT2D eigenvalue weighted by Gasteiger charge is -2.33. The maximum Gasteiger partial charge on any atom is 0.270 e. The van der Waals surface area contributed by atoms with Gasteiger partial charge in [0, 0.05) is 36.3 Å². The second-order valence-electron chi connectivity index (χ2n) is 7.24. The van der Waals surface area contributed by atoms with Crippen LogP contribution < -0.4 is 10.2 Å². The lowest BCUT2D eigenvalue weighted by atomic mass is 9.97. The number of carbonyl (C=O) groups excluding carboxylic acids is 1. The number of benzene rings is 1. The monoisotopic (exact) mass is 391 g/mol. The predicted octanol–water partition coefficient (Wildman–Crippen LogP) is 3.70. The first kappa shape index (κ1) is 18.8. The molecule has 1 fully saturated rings. The third-order valence-corrected chi connectivity index (χ3v) is 5.12. The molecule has 8 nitrogen and oxygen atoms in total. The van der Waals surface area contributed by atoms with Crippen molar-refractivity contribution in [2.45, 2.75) is 19.8 Å². The fourth-order valence-electron chi connectivity index (χ4n) is 3.63. The third kappa shape index (κ3) is 4.16. The topological polar surface area (TPSA) is 101 Å². The van der Waals surface area contributed by atoms with E-state index in [1.54, 1.807) is 12.1 Å². The summed E-state index contributed by atoms with van der Waals surface area (Å²) >= 11 is 0. The number of nitrogens with zero attached hydrogens (tertiary/aromatic N) is 4. The minimum absolute atomic E-state index is 0.0378. The van der Waals surface area contributed by atoms with Crippen molar-refractivity contribution in [1.82, 2.24) is 9.97 Å². The van der Waals surface area contributed by atoms with Gasteiger partial charge in [-0.2, -0.15) is 0 Å². The van der Waals surface area contributed by atoms with E-state index in [-0.39, 0.29) is 17.5 Å². The average Bonchev–Trinajstić information content (AvgIpc) is 2.73. The van der Waals surface area contributed by atoms with Crippen molar-refractivity contribution in [2.75, 3.05) is 23.3 Å². The van der Waals surface area contributed by atoms with Crippen molar-refractivity contribution in [3.05, 3.63) is 64.3 Å². The summed E-state index contributed by atoms with van der Waals surface area (Å²) in [6.07, 6.45) is 1.70. The number of rotatable bonds is 4. The molecule has 29 heavy (non-hydrogen) atoms. The van der Waals surface area contributed by atoms with Gasteiger partial charge in [-0.3, -0.25) is 14.9 Å². The van der Waals surface area contributed by atoms with Crippen LogP contribution in [0.1, 0.15) is 18.5 Å². The molecule has 0 aliphatic carbocycles. The van der Waals surface area contributed by atoms with E-state index < -0.39 is 4.92 Å². The third-order valence-electron chi connectivity index (χ3n) is 5.12. The van der Waals surface area contributed by atoms with Crippen LogP contribution >= 0.6 is 0 Å². The summed E-state index contributed by atoms with van der Waals surface area (Å²) in [5.74, 6) is 1.15. The lowest BCUT2D eigenvalue weighted by molar-refractivity contribution is -0.384. The Morgan fingerprint density at radius 3 is 2.86 bits per heavy atom. The summed E-state index contributed by atoms with van der Waals surface area (Å²) < 4.78 is 0. The number of nitrogens with one attached hydrogen (secondary N) is 1. The number of nitro groups is 1. The zero-order chi connectivity index (χ0) is 20.4. The van der Waals surface area contributed by atoms with Crippen molar-refractivity contribution in [3.8, 4) is 0 Å². The van der Waals surface area contributed by atoms with Crippen molar-refractivity contribution < 1.29 is 9.72 Å². The van der Waals surface area contributed by atoms with Crippen LogP contribution in [0.5, 0.6) is 0 Å². The lowest BCUT2D eigenvalue weighted by Crippen LogP contribution is -2.41. The number of carbonyl (C=O) groups is 1. The minimum atomic E-state index is -0.412. The number of fused-ring (bicyclic) bond motifs is 1. The number of nitro benzene ring substituents is 1. The van der Waals surface area contributed by atoms with E-state index in [0.717, 1.165) is 36.3 Å². The van der Waals surface area contributed by atoms with Gasteiger partial charge in [0.25, 0.3) is 5.69 Å². The van der Waals surface area contributed by atoms with Gasteiger partial charge in [0.1, 0.15) is 11.6 Å². The summed E-state index contributed by atoms with van der Waals surface area (Å²) in [4.78, 5) is 34.3. The van der Waals surface area contributed by atoms with Crippen LogP contribution in [0.15, 0.2) is 48.5 Å². The van der Waals surface area contributed by atoms with E-state index in [0.29, 0.717) is 17.9 Å². The molecule has 0 radical (unpaired) electrons. The van der Waals surface area contributed by atoms with Gasteiger partial charge in [-0.25, -0.2) is 9.97 Å². The summed E-state index contributed by atoms with van der Waals surface area (Å²) in [5.41, 5.74) is 1.60. The largest absolute Gasteiger partial charge is 0.356 e. The molecule has 1 unspecified atom stereocenters. The zero-order valence-electron chi connectivity index (χ0n) is 16.0. The second-order valence-corrected chi connectivity index (χ2v) is 7.24. The maximum atomic E-state index is 12.7. The van der Waals surface area contributed by atoms with E-state index in [4.69, 9.17) is 0 Å². The molecule has 0 spiro atoms. The molecule has 1 N–H and O–H groups in total. The predicted molar refractivity (Wildman–Crippen MR) is 111 cm³/mol. The van der Waals surface area contributed by atoms with Crippen molar-refractivity contribution >= 4 is 34.1 Å². The Morgan fingerprint density at radius 2 is 2.07 bits per heavy atom. The van der Waals surface area contributed by atoms with Gasteiger partial charge in [-0.1, -0.05) is 6.07 Å². The Bertz CT molecular complexity index is 1080. The van der Waals surface area contributed by atoms with Gasteiger partial charge in [-0.05, 0) is 50.1 Å². The summed E-state index contributed by atoms with van der Waals surface area (Å²) in [6.45, 7) is 3.28. The van der Waals surface area contributed by atoms with E-state index in [9.17, 15) is 14.9 Å². The Labute approximate surface area is 167 Å². The van der Waals surface area contributed by atoms with E-state index >= 15 is 0 Å². The van der Waals surface area contributed by atoms with Crippen LogP contribution in [0.3, 0.4) is 0 Å². The quantitative estimate of drug-likeness (QED) is 0.537. The first-order chi connectivity index (χ1) is 14.0. The van der Waals surface area contributed by atoms with Crippen molar-refractivity contribution in [1.29, 1.82) is 0 Å². The van der Waals surface area contributed by atoms with E-state index in [2.05, 4.69) is 20.2 Å². The number of anilines is 2. The second kappa shape index (κ2) is 7.83. The summed E-state index contributed by atoms with van der Waals surface area (Å²) in [7, 11) is 0. The molecule has 1 atom stereocenters. The molecule has 2 aromatic heterocycles. The SMILES string of the molecule is Cc1cccc(NC(=O)C2CCCN(c3ccc4cc([N+](=O)[O-])ccc4n3)C2)n1. The summed E-state index contributed by atoms with van der Waals surface area (Å²) in [5, 5.41) is 14.6. The Balaban J connectivity index is 1.49. The molecule has 3 aromatic rings. The molecule has 1 amide bonds. The number of pyridine rings is 2. The molecule has 1 aromatic carbocycles. The van der Waals surface area contributed by atoms with Crippen LogP contribution in [0.2, 0.25) is 0 Å². The van der Waals surface area contributed by atoms with Crippen LogP contribution in [0.4, 0.5) is 17.3 Å². The van der Waals surface area contributed by atoms with Gasteiger partial charge in [0.2, 0.25) is 5.91 Å². The average molecular weight is 391 g/mol. The van der Waals surface area contributed by atoms with Crippen LogP contribution in [0.25, 0.3) is 10.9 Å². The fourth-order valence-corrected chi connectivity index (χ4v) is 3.63. The fraction of sp³-hybridized carbons (Fsp3) is 0.286. The van der Waals surface area contributed by atoms with Crippen LogP contribution in [-0.2, 0) is 4.79 Å². The number of piperidine rings is 1. The molecule has 8 heteroatoms. The van der Waals surface area contributed by atoms with Crippen molar-refractivity contribution in [3.63, 3.8) is 0 Å². The van der Waals surface area contributed by atoms with E-state index in [1.807, 2.05) is 31.2 Å². The highest BCUT2D eigenvalue weighted by Gasteiger charge is 2.27. The van der Waals surface area contributed by atoms with Gasteiger partial charge < -0.3 is 10.2 Å². The number of aromatic nitrogens is 2. The molecule has 4 rings (SSSR count). The van der Waals surface area contributed by atoms with Gasteiger partial charge in [-0.15, -0.1) is 0 Å². The zero-order valence-corrected chi connectivity index (χ0v) is 16.0. The number of hydrogen-bond acceptors (Lipinski definition) is 6. The smallest absolute Gasteiger partial charge is 0.270 e. The van der Waals surface area contributed by atoms with Crippen LogP contribution in [0, 0.1) is 23.0 Å². The highest BCUT2D eigenvalue weighted by atomic mass is 16.6. The Hall–Kier alpha value is -3.55. The number of non-ortho nitro benzene ring substituents is 1. The number of aryl methyl sites for hydroxylation is 1. The molecule has 1 aliphatic heterocycles. The minimum Gasteiger partial charge on any atom is -0.356 e. The number of amides is 1. The first-order valence-electron chi connectivity index (χ1n) is 9.54. The first-order valence-corrected chi connectivity index (χ1v) is 9.54. The molecule has 0 saturated carbocycles. The Kier molecular flexibility index (Phi) is 5.07. The van der Waals surface area contributed by atoms with Gasteiger partial charge in [0.05, 0.1) is 16.4 Å². The van der Waals surface area contributed by atoms with E-state index in [1.165, 1.54) is 12.1 Å². The molecule has 148 valence electrons. The highest BCUT2D eigenvalue weighted by Crippen LogP contribution is 2.26. The normalized spacial score (nSPS) is 16.6. The van der Waals surface area contributed by atoms with Crippen LogP contribution in [-0.4, -0.2) is 33.9 Å². The van der Waals surface area contributed by atoms with Crippen molar-refractivity contribution in [2.24, 2.45) is 5.92 Å². The molecule has 3 heterocycles. The van der Waals surface area contributed by atoms with Gasteiger partial charge >= 0.3 is 0 Å². The molecule has 1 aliphatic rings.